The first-order chi connectivity index (χ1) is 10.4. The number of benzene rings is 1. The minimum atomic E-state index is -1.24. The number of carbonyl (C=O) groups excluding carboxylic acids is 2. The van der Waals surface area contributed by atoms with Crippen molar-refractivity contribution in [1.82, 2.24) is 5.32 Å². The van der Waals surface area contributed by atoms with Gasteiger partial charge < -0.3 is 25.6 Å². The standard InChI is InChI=1S/C14H18N2O6/c1-21-10-4-2-3-5-11(10)22-8-13(18)16-9(14(19)20)6-7-12(15)17/h2-5,9H,6-8H2,1H3,(H2,15,17)(H,16,18)(H,19,20). The summed E-state index contributed by atoms with van der Waals surface area (Å²) in [4.78, 5) is 33.4. The van der Waals surface area contributed by atoms with Crippen LogP contribution in [0, 0.1) is 0 Å². The third-order valence-electron chi connectivity index (χ3n) is 2.74. The molecule has 1 atom stereocenters. The van der Waals surface area contributed by atoms with Crippen molar-refractivity contribution in [1.29, 1.82) is 0 Å². The summed E-state index contributed by atoms with van der Waals surface area (Å²) in [5.74, 6) is -1.68. The predicted molar refractivity (Wildman–Crippen MR) is 76.5 cm³/mol. The van der Waals surface area contributed by atoms with Crippen molar-refractivity contribution in [2.45, 2.75) is 18.9 Å². The zero-order chi connectivity index (χ0) is 16.5. The molecule has 8 nitrogen and oxygen atoms in total. The first-order valence-electron chi connectivity index (χ1n) is 6.50. The third-order valence-corrected chi connectivity index (χ3v) is 2.74. The maximum absolute atomic E-state index is 11.7. The molecular weight excluding hydrogens is 292 g/mol. The van der Waals surface area contributed by atoms with Gasteiger partial charge in [-0.3, -0.25) is 9.59 Å². The lowest BCUT2D eigenvalue weighted by molar-refractivity contribution is -0.142. The van der Waals surface area contributed by atoms with E-state index < -0.39 is 23.8 Å². The second-order valence-corrected chi connectivity index (χ2v) is 4.40. The van der Waals surface area contributed by atoms with Crippen LogP contribution in [0.25, 0.3) is 0 Å². The molecule has 1 aromatic carbocycles. The second kappa shape index (κ2) is 8.50. The quantitative estimate of drug-likeness (QED) is 0.585. The molecule has 120 valence electrons. The van der Waals surface area contributed by atoms with Gasteiger partial charge in [-0.2, -0.15) is 0 Å². The number of nitrogens with one attached hydrogen (secondary N) is 1. The molecule has 0 aliphatic rings. The average molecular weight is 310 g/mol. The van der Waals surface area contributed by atoms with Gasteiger partial charge in [-0.05, 0) is 18.6 Å². The van der Waals surface area contributed by atoms with Crippen LogP contribution in [0.4, 0.5) is 0 Å². The average Bonchev–Trinajstić information content (AvgIpc) is 2.49. The number of primary amides is 1. The normalized spacial score (nSPS) is 11.3. The lowest BCUT2D eigenvalue weighted by Crippen LogP contribution is -2.43. The molecule has 8 heteroatoms. The van der Waals surface area contributed by atoms with E-state index in [1.165, 1.54) is 7.11 Å². The van der Waals surface area contributed by atoms with Crippen LogP contribution in [0.3, 0.4) is 0 Å². The van der Waals surface area contributed by atoms with Crippen molar-refractivity contribution in [3.63, 3.8) is 0 Å². The highest BCUT2D eigenvalue weighted by atomic mass is 16.5. The fourth-order valence-corrected chi connectivity index (χ4v) is 1.66. The highest BCUT2D eigenvalue weighted by Crippen LogP contribution is 2.25. The molecule has 0 aliphatic carbocycles. The summed E-state index contributed by atoms with van der Waals surface area (Å²) < 4.78 is 10.3. The van der Waals surface area contributed by atoms with E-state index in [2.05, 4.69) is 5.32 Å². The maximum atomic E-state index is 11.7. The number of hydrogen-bond donors (Lipinski definition) is 3. The van der Waals surface area contributed by atoms with Gasteiger partial charge in [-0.1, -0.05) is 12.1 Å². The summed E-state index contributed by atoms with van der Waals surface area (Å²) in [6.07, 6.45) is -0.213. The van der Waals surface area contributed by atoms with E-state index in [0.717, 1.165) is 0 Å². The highest BCUT2D eigenvalue weighted by Gasteiger charge is 2.20. The van der Waals surface area contributed by atoms with Crippen LogP contribution in [0.2, 0.25) is 0 Å². The SMILES string of the molecule is COc1ccccc1OCC(=O)NC(CCC(N)=O)C(=O)O. The molecular formula is C14H18N2O6. The van der Waals surface area contributed by atoms with E-state index in [0.29, 0.717) is 11.5 Å². The Kier molecular flexibility index (Phi) is 6.68. The van der Waals surface area contributed by atoms with Gasteiger partial charge in [0.25, 0.3) is 5.91 Å². The summed E-state index contributed by atoms with van der Waals surface area (Å²) in [6.45, 7) is -0.374. The van der Waals surface area contributed by atoms with Crippen molar-refractivity contribution in [3.05, 3.63) is 24.3 Å². The Bertz CT molecular complexity index is 546. The van der Waals surface area contributed by atoms with Gasteiger partial charge in [0.15, 0.2) is 18.1 Å². The Hall–Kier alpha value is -2.77. The number of carboxylic acids is 1. The first kappa shape index (κ1) is 17.3. The van der Waals surface area contributed by atoms with Gasteiger partial charge in [-0.25, -0.2) is 4.79 Å². The summed E-state index contributed by atoms with van der Waals surface area (Å²) in [7, 11) is 1.46. The minimum absolute atomic E-state index is 0.0783. The Labute approximate surface area is 127 Å². The molecule has 0 spiro atoms. The highest BCUT2D eigenvalue weighted by molar-refractivity contribution is 5.85. The maximum Gasteiger partial charge on any atom is 0.326 e. The molecule has 1 unspecified atom stereocenters. The zero-order valence-corrected chi connectivity index (χ0v) is 12.1. The largest absolute Gasteiger partial charge is 0.493 e. The Morgan fingerprint density at radius 3 is 2.45 bits per heavy atom. The lowest BCUT2D eigenvalue weighted by Gasteiger charge is -2.14. The number of para-hydroxylation sites is 2. The molecule has 0 radical (unpaired) electrons. The topological polar surface area (TPSA) is 128 Å². The smallest absolute Gasteiger partial charge is 0.326 e. The van der Waals surface area contributed by atoms with Crippen LogP contribution < -0.4 is 20.5 Å². The first-order valence-corrected chi connectivity index (χ1v) is 6.50. The van der Waals surface area contributed by atoms with Crippen LogP contribution in [0.15, 0.2) is 24.3 Å². The van der Waals surface area contributed by atoms with Gasteiger partial charge in [0.1, 0.15) is 6.04 Å². The van der Waals surface area contributed by atoms with E-state index in [4.69, 9.17) is 20.3 Å². The van der Waals surface area contributed by atoms with E-state index in [1.54, 1.807) is 24.3 Å². The van der Waals surface area contributed by atoms with Crippen LogP contribution in [0.1, 0.15) is 12.8 Å². The van der Waals surface area contributed by atoms with Crippen molar-refractivity contribution in [2.24, 2.45) is 5.73 Å². The van der Waals surface area contributed by atoms with Gasteiger partial charge in [0, 0.05) is 6.42 Å². The molecule has 0 fully saturated rings. The monoisotopic (exact) mass is 310 g/mol. The number of nitrogens with two attached hydrogens (primary N) is 1. The number of methoxy groups -OCH3 is 1. The minimum Gasteiger partial charge on any atom is -0.493 e. The van der Waals surface area contributed by atoms with Crippen LogP contribution in [-0.4, -0.2) is 42.6 Å². The van der Waals surface area contributed by atoms with E-state index >= 15 is 0 Å². The second-order valence-electron chi connectivity index (χ2n) is 4.40. The van der Waals surface area contributed by atoms with Crippen LogP contribution in [0.5, 0.6) is 11.5 Å². The molecule has 0 saturated carbocycles. The van der Waals surface area contributed by atoms with Gasteiger partial charge in [0.05, 0.1) is 7.11 Å². The summed E-state index contributed by atoms with van der Waals surface area (Å²) in [5.41, 5.74) is 4.96. The number of carboxylic acid groups (broad SMARTS) is 1. The summed E-state index contributed by atoms with van der Waals surface area (Å²) in [5, 5.41) is 11.2. The van der Waals surface area contributed by atoms with E-state index in [-0.39, 0.29) is 19.4 Å². The van der Waals surface area contributed by atoms with Crippen molar-refractivity contribution in [3.8, 4) is 11.5 Å². The predicted octanol–water partition coefficient (Wildman–Crippen LogP) is -0.0911. The molecule has 0 saturated heterocycles. The van der Waals surface area contributed by atoms with Crippen LogP contribution in [-0.2, 0) is 14.4 Å². The van der Waals surface area contributed by atoms with E-state index in [9.17, 15) is 14.4 Å². The fourth-order valence-electron chi connectivity index (χ4n) is 1.66. The number of rotatable bonds is 9. The van der Waals surface area contributed by atoms with Crippen molar-refractivity contribution >= 4 is 17.8 Å². The lowest BCUT2D eigenvalue weighted by atomic mass is 10.1. The molecule has 22 heavy (non-hydrogen) atoms. The molecule has 0 heterocycles. The van der Waals surface area contributed by atoms with Gasteiger partial charge in [0.2, 0.25) is 5.91 Å². The Morgan fingerprint density at radius 1 is 1.27 bits per heavy atom. The number of amides is 2. The molecule has 4 N–H and O–H groups in total. The molecule has 0 aromatic heterocycles. The third kappa shape index (κ3) is 5.70. The number of aliphatic carboxylic acids is 1. The number of hydrogen-bond acceptors (Lipinski definition) is 5. The molecule has 0 aliphatic heterocycles. The molecule has 2 amide bonds. The van der Waals surface area contributed by atoms with Crippen molar-refractivity contribution < 1.29 is 29.0 Å². The summed E-state index contributed by atoms with van der Waals surface area (Å²) in [6, 6.07) is 5.55. The fraction of sp³-hybridized carbons (Fsp3) is 0.357. The zero-order valence-electron chi connectivity index (χ0n) is 12.1. The van der Waals surface area contributed by atoms with E-state index in [1.807, 2.05) is 0 Å². The summed E-state index contributed by atoms with van der Waals surface area (Å²) >= 11 is 0. The van der Waals surface area contributed by atoms with Crippen molar-refractivity contribution in [2.75, 3.05) is 13.7 Å². The van der Waals surface area contributed by atoms with Gasteiger partial charge >= 0.3 is 5.97 Å². The Balaban J connectivity index is 2.53. The molecule has 1 aromatic rings. The molecule has 1 rings (SSSR count). The number of carbonyl (C=O) groups is 3. The number of ether oxygens (including phenoxy) is 2. The van der Waals surface area contributed by atoms with Gasteiger partial charge in [-0.15, -0.1) is 0 Å². The Morgan fingerprint density at radius 2 is 1.91 bits per heavy atom. The molecule has 0 bridgehead atoms. The van der Waals surface area contributed by atoms with Crippen LogP contribution >= 0.6 is 0 Å².